The second-order valence-corrected chi connectivity index (χ2v) is 11.1. The molecule has 0 saturated heterocycles. The third-order valence-electron chi connectivity index (χ3n) is 6.76. The maximum atomic E-state index is 12.0. The molecule has 0 bridgehead atoms. The van der Waals surface area contributed by atoms with Gasteiger partial charge in [-0.05, 0) is 84.1 Å². The molecule has 0 fully saturated rings. The van der Waals surface area contributed by atoms with Crippen molar-refractivity contribution < 1.29 is 14.6 Å². The smallest absolute Gasteiger partial charge is 0.306 e. The molecule has 0 aliphatic heterocycles. The number of carbonyl (C=O) groups excluding carboxylic acids is 1. The Morgan fingerprint density at radius 3 is 2.00 bits per heavy atom. The number of esters is 1. The summed E-state index contributed by atoms with van der Waals surface area (Å²) in [6, 6.07) is 0. The molecule has 0 radical (unpaired) electrons. The third-order valence-corrected chi connectivity index (χ3v) is 6.76. The topological polar surface area (TPSA) is 46.5 Å². The minimum absolute atomic E-state index is 0.0708. The molecule has 36 heavy (non-hydrogen) atoms. The van der Waals surface area contributed by atoms with Crippen molar-refractivity contribution in [3.63, 3.8) is 0 Å². The first-order valence-corrected chi connectivity index (χ1v) is 15.1. The van der Waals surface area contributed by atoms with E-state index in [1.807, 2.05) is 26.0 Å². The van der Waals surface area contributed by atoms with Crippen LogP contribution < -0.4 is 0 Å². The minimum Gasteiger partial charge on any atom is -0.461 e. The summed E-state index contributed by atoms with van der Waals surface area (Å²) in [4.78, 5) is 12.0. The zero-order valence-electron chi connectivity index (χ0n) is 24.7. The Kier molecular flexibility index (Phi) is 24.4. The number of rotatable bonds is 24. The summed E-state index contributed by atoms with van der Waals surface area (Å²) in [5.74, 6) is 0.436. The fourth-order valence-electron chi connectivity index (χ4n) is 4.50. The second kappa shape index (κ2) is 25.3. The van der Waals surface area contributed by atoms with Gasteiger partial charge in [-0.3, -0.25) is 4.79 Å². The van der Waals surface area contributed by atoms with Crippen LogP contribution in [0, 0.1) is 5.92 Å². The van der Waals surface area contributed by atoms with Crippen LogP contribution in [0.1, 0.15) is 150 Å². The van der Waals surface area contributed by atoms with Crippen LogP contribution in [0.15, 0.2) is 35.5 Å². The van der Waals surface area contributed by atoms with Crippen LogP contribution in [0.5, 0.6) is 0 Å². The molecule has 0 heterocycles. The van der Waals surface area contributed by atoms with Gasteiger partial charge in [-0.15, -0.1) is 0 Å². The highest BCUT2D eigenvalue weighted by Crippen LogP contribution is 2.18. The zero-order chi connectivity index (χ0) is 26.9. The van der Waals surface area contributed by atoms with Crippen LogP contribution in [-0.4, -0.2) is 23.8 Å². The number of unbranched alkanes of at least 4 members (excludes halogenated alkanes) is 11. The molecule has 3 heteroatoms. The zero-order valence-corrected chi connectivity index (χ0v) is 24.7. The molecule has 0 aromatic rings. The minimum atomic E-state index is -0.331. The lowest BCUT2D eigenvalue weighted by molar-refractivity contribution is -0.142. The Morgan fingerprint density at radius 1 is 0.806 bits per heavy atom. The van der Waals surface area contributed by atoms with Crippen LogP contribution >= 0.6 is 0 Å². The molecule has 0 spiro atoms. The summed E-state index contributed by atoms with van der Waals surface area (Å²) < 4.78 is 5.38. The first kappa shape index (κ1) is 34.6. The number of allylic oxidation sites excluding steroid dienone is 4. The van der Waals surface area contributed by atoms with Crippen LogP contribution in [0.4, 0.5) is 0 Å². The number of hydrogen-bond acceptors (Lipinski definition) is 3. The monoisotopic (exact) mass is 504 g/mol. The highest BCUT2D eigenvalue weighted by molar-refractivity contribution is 5.69. The second-order valence-electron chi connectivity index (χ2n) is 11.1. The summed E-state index contributed by atoms with van der Waals surface area (Å²) in [6.07, 6.45) is 29.4. The summed E-state index contributed by atoms with van der Waals surface area (Å²) in [7, 11) is 0. The van der Waals surface area contributed by atoms with E-state index in [4.69, 9.17) is 4.74 Å². The fourth-order valence-corrected chi connectivity index (χ4v) is 4.50. The number of ether oxygens (including phenoxy) is 1. The van der Waals surface area contributed by atoms with Gasteiger partial charge in [0.05, 0.1) is 6.10 Å². The van der Waals surface area contributed by atoms with Gasteiger partial charge in [-0.25, -0.2) is 0 Å². The fraction of sp³-hybridized carbons (Fsp3) is 0.788. The number of aliphatic hydroxyl groups is 1. The van der Waals surface area contributed by atoms with Crippen LogP contribution in [-0.2, 0) is 9.53 Å². The van der Waals surface area contributed by atoms with E-state index in [2.05, 4.69) is 32.9 Å². The van der Waals surface area contributed by atoms with Crippen molar-refractivity contribution in [2.45, 2.75) is 156 Å². The molecule has 2 unspecified atom stereocenters. The average molecular weight is 505 g/mol. The van der Waals surface area contributed by atoms with E-state index in [1.165, 1.54) is 81.8 Å². The van der Waals surface area contributed by atoms with Gasteiger partial charge in [0, 0.05) is 6.42 Å². The molecule has 3 nitrogen and oxygen atoms in total. The van der Waals surface area contributed by atoms with E-state index in [1.54, 1.807) is 0 Å². The van der Waals surface area contributed by atoms with Crippen molar-refractivity contribution in [1.29, 1.82) is 0 Å². The van der Waals surface area contributed by atoms with Crippen molar-refractivity contribution in [3.05, 3.63) is 35.5 Å². The molecule has 2 atom stereocenters. The lowest BCUT2D eigenvalue weighted by atomic mass is 9.95. The van der Waals surface area contributed by atoms with E-state index in [0.717, 1.165) is 38.5 Å². The molecule has 1 N–H and O–H groups in total. The van der Waals surface area contributed by atoms with E-state index < -0.39 is 0 Å². The standard InChI is InChI=1S/C33H60O3/c1-6-7-8-9-10-11-12-13-14-15-16-17-18-19-20-24-33(35)36-26-25-30(4)22-21-23-31(5)28-32(34)27-29(2)3/h13-14,25,27,31-32,34H,6-12,15-24,26,28H2,1-5H3. The van der Waals surface area contributed by atoms with Gasteiger partial charge in [0.2, 0.25) is 0 Å². The molecule has 0 aliphatic rings. The first-order valence-electron chi connectivity index (χ1n) is 15.1. The summed E-state index contributed by atoms with van der Waals surface area (Å²) in [5.41, 5.74) is 2.45. The largest absolute Gasteiger partial charge is 0.461 e. The quantitative estimate of drug-likeness (QED) is 0.0808. The lowest BCUT2D eigenvalue weighted by Crippen LogP contribution is -2.09. The SMILES string of the molecule is CCCCCCCCC=CCCCCCCCC(=O)OCC=C(C)CCCC(C)CC(O)C=C(C)C. The summed E-state index contributed by atoms with van der Waals surface area (Å²) in [5, 5.41) is 10.0. The number of aliphatic hydroxyl groups excluding tert-OH is 1. The summed E-state index contributed by atoms with van der Waals surface area (Å²) >= 11 is 0. The number of carbonyl (C=O) groups is 1. The van der Waals surface area contributed by atoms with Gasteiger partial charge in [-0.2, -0.15) is 0 Å². The summed E-state index contributed by atoms with van der Waals surface area (Å²) in [6.45, 7) is 11.0. The number of hydrogen-bond donors (Lipinski definition) is 1. The molecule has 210 valence electrons. The molecule has 0 rings (SSSR count). The van der Waals surface area contributed by atoms with Crippen LogP contribution in [0.3, 0.4) is 0 Å². The van der Waals surface area contributed by atoms with Gasteiger partial charge < -0.3 is 9.84 Å². The van der Waals surface area contributed by atoms with Gasteiger partial charge in [0.1, 0.15) is 6.61 Å². The van der Waals surface area contributed by atoms with Crippen molar-refractivity contribution >= 4 is 5.97 Å². The maximum Gasteiger partial charge on any atom is 0.306 e. The predicted molar refractivity (Wildman–Crippen MR) is 157 cm³/mol. The molecular weight excluding hydrogens is 444 g/mol. The van der Waals surface area contributed by atoms with E-state index in [-0.39, 0.29) is 12.1 Å². The lowest BCUT2D eigenvalue weighted by Gasteiger charge is -2.14. The highest BCUT2D eigenvalue weighted by atomic mass is 16.5. The molecule has 0 saturated carbocycles. The Labute approximate surface area is 224 Å². The van der Waals surface area contributed by atoms with Crippen molar-refractivity contribution in [3.8, 4) is 0 Å². The van der Waals surface area contributed by atoms with E-state index in [9.17, 15) is 9.90 Å². The normalized spacial score (nSPS) is 13.7. The van der Waals surface area contributed by atoms with Crippen molar-refractivity contribution in [1.82, 2.24) is 0 Å². The Balaban J connectivity index is 3.59. The Morgan fingerprint density at radius 2 is 1.39 bits per heavy atom. The molecular formula is C33H60O3. The van der Waals surface area contributed by atoms with Crippen molar-refractivity contribution in [2.75, 3.05) is 6.61 Å². The van der Waals surface area contributed by atoms with Gasteiger partial charge >= 0.3 is 5.97 Å². The Hall–Kier alpha value is -1.35. The molecule has 0 amide bonds. The highest BCUT2D eigenvalue weighted by Gasteiger charge is 2.08. The van der Waals surface area contributed by atoms with Crippen LogP contribution in [0.2, 0.25) is 0 Å². The van der Waals surface area contributed by atoms with Crippen LogP contribution in [0.25, 0.3) is 0 Å². The molecule has 0 aromatic heterocycles. The van der Waals surface area contributed by atoms with E-state index in [0.29, 0.717) is 18.9 Å². The van der Waals surface area contributed by atoms with Gasteiger partial charge in [-0.1, -0.05) is 101 Å². The average Bonchev–Trinajstić information content (AvgIpc) is 2.81. The van der Waals surface area contributed by atoms with Crippen molar-refractivity contribution in [2.24, 2.45) is 5.92 Å². The predicted octanol–water partition coefficient (Wildman–Crippen LogP) is 10.0. The maximum absolute atomic E-state index is 12.0. The van der Waals surface area contributed by atoms with E-state index >= 15 is 0 Å². The Bertz CT molecular complexity index is 598. The van der Waals surface area contributed by atoms with Gasteiger partial charge in [0.25, 0.3) is 0 Å². The molecule has 0 aliphatic carbocycles. The third kappa shape index (κ3) is 25.7. The first-order chi connectivity index (χ1) is 17.3. The molecule has 0 aromatic carbocycles. The van der Waals surface area contributed by atoms with Gasteiger partial charge in [0.15, 0.2) is 0 Å².